The molecule has 2 atom stereocenters. The Morgan fingerprint density at radius 3 is 2.35 bits per heavy atom. The minimum Gasteiger partial charge on any atom is -0.393 e. The Morgan fingerprint density at radius 2 is 1.85 bits per heavy atom. The van der Waals surface area contributed by atoms with E-state index in [1.54, 1.807) is 0 Å². The molecule has 1 aliphatic heterocycles. The van der Waals surface area contributed by atoms with Gasteiger partial charge in [-0.2, -0.15) is 0 Å². The summed E-state index contributed by atoms with van der Waals surface area (Å²) in [5.41, 5.74) is 2.07. The maximum absolute atomic E-state index is 12.5. The van der Waals surface area contributed by atoms with Crippen molar-refractivity contribution in [2.24, 2.45) is 5.92 Å². The number of hydrogen-bond acceptors (Lipinski definition) is 2. The molecule has 1 saturated heterocycles. The Bertz CT molecular complexity index is 473. The topological polar surface area (TPSA) is 40.5 Å². The van der Waals surface area contributed by atoms with Gasteiger partial charge in [0, 0.05) is 18.7 Å². The summed E-state index contributed by atoms with van der Waals surface area (Å²) in [7, 11) is 0. The summed E-state index contributed by atoms with van der Waals surface area (Å²) in [6.45, 7) is 9.77. The standard InChI is InChI=1S/C17H25NO2/c1-12-11-18(10-9-15(12)19)16(20)13-5-7-14(8-6-13)17(2,3)4/h5-8,12,15,19H,9-11H2,1-4H3. The zero-order valence-corrected chi connectivity index (χ0v) is 12.9. The van der Waals surface area contributed by atoms with Crippen molar-refractivity contribution in [1.82, 2.24) is 4.90 Å². The molecular weight excluding hydrogens is 250 g/mol. The van der Waals surface area contributed by atoms with Crippen LogP contribution in [-0.4, -0.2) is 35.1 Å². The lowest BCUT2D eigenvalue weighted by Crippen LogP contribution is -2.44. The Hall–Kier alpha value is -1.35. The first-order valence-electron chi connectivity index (χ1n) is 7.37. The summed E-state index contributed by atoms with van der Waals surface area (Å²) < 4.78 is 0. The van der Waals surface area contributed by atoms with Gasteiger partial charge in [0.15, 0.2) is 0 Å². The summed E-state index contributed by atoms with van der Waals surface area (Å²) in [5.74, 6) is 0.228. The molecule has 2 rings (SSSR count). The first kappa shape index (κ1) is 15.0. The fourth-order valence-electron chi connectivity index (χ4n) is 2.61. The van der Waals surface area contributed by atoms with Gasteiger partial charge in [0.05, 0.1) is 6.10 Å². The molecule has 0 saturated carbocycles. The Balaban J connectivity index is 2.10. The molecule has 2 unspecified atom stereocenters. The van der Waals surface area contributed by atoms with Crippen LogP contribution in [-0.2, 0) is 5.41 Å². The second-order valence-electron chi connectivity index (χ2n) is 6.91. The van der Waals surface area contributed by atoms with Crippen LogP contribution in [0.15, 0.2) is 24.3 Å². The zero-order chi connectivity index (χ0) is 14.9. The van der Waals surface area contributed by atoms with Gasteiger partial charge in [0.2, 0.25) is 0 Å². The van der Waals surface area contributed by atoms with Gasteiger partial charge < -0.3 is 10.0 Å². The van der Waals surface area contributed by atoms with Gasteiger partial charge in [0.25, 0.3) is 5.91 Å². The molecule has 1 aliphatic rings. The highest BCUT2D eigenvalue weighted by molar-refractivity contribution is 5.94. The molecule has 0 aromatic heterocycles. The summed E-state index contributed by atoms with van der Waals surface area (Å²) in [6.07, 6.45) is 0.398. The third kappa shape index (κ3) is 3.21. The molecule has 1 heterocycles. The van der Waals surface area contributed by atoms with Crippen molar-refractivity contribution >= 4 is 5.91 Å². The number of carbonyl (C=O) groups excluding carboxylic acids is 1. The van der Waals surface area contributed by atoms with E-state index in [4.69, 9.17) is 0 Å². The molecule has 3 nitrogen and oxygen atoms in total. The quantitative estimate of drug-likeness (QED) is 0.856. The number of piperidine rings is 1. The average molecular weight is 275 g/mol. The summed E-state index contributed by atoms with van der Waals surface area (Å²) in [6, 6.07) is 7.90. The van der Waals surface area contributed by atoms with E-state index >= 15 is 0 Å². The molecule has 1 aromatic rings. The van der Waals surface area contributed by atoms with Gasteiger partial charge in [-0.05, 0) is 35.4 Å². The highest BCUT2D eigenvalue weighted by Gasteiger charge is 2.27. The van der Waals surface area contributed by atoms with Gasteiger partial charge >= 0.3 is 0 Å². The number of likely N-dealkylation sites (tertiary alicyclic amines) is 1. The number of aliphatic hydroxyl groups is 1. The molecule has 1 fully saturated rings. The fourth-order valence-corrected chi connectivity index (χ4v) is 2.61. The molecule has 1 aromatic carbocycles. The van der Waals surface area contributed by atoms with E-state index in [1.165, 1.54) is 5.56 Å². The lowest BCUT2D eigenvalue weighted by Gasteiger charge is -2.34. The van der Waals surface area contributed by atoms with Crippen LogP contribution in [0.5, 0.6) is 0 Å². The van der Waals surface area contributed by atoms with Crippen molar-refractivity contribution in [3.63, 3.8) is 0 Å². The van der Waals surface area contributed by atoms with Crippen LogP contribution in [0.2, 0.25) is 0 Å². The van der Waals surface area contributed by atoms with Crippen molar-refractivity contribution in [2.75, 3.05) is 13.1 Å². The SMILES string of the molecule is CC1CN(C(=O)c2ccc(C(C)(C)C)cc2)CCC1O. The van der Waals surface area contributed by atoms with Gasteiger partial charge in [0.1, 0.15) is 0 Å². The van der Waals surface area contributed by atoms with Gasteiger partial charge in [-0.15, -0.1) is 0 Å². The maximum atomic E-state index is 12.5. The molecule has 0 radical (unpaired) electrons. The van der Waals surface area contributed by atoms with Crippen LogP contribution in [0.1, 0.15) is 50.0 Å². The Morgan fingerprint density at radius 1 is 1.25 bits per heavy atom. The largest absolute Gasteiger partial charge is 0.393 e. The first-order valence-corrected chi connectivity index (χ1v) is 7.37. The monoisotopic (exact) mass is 275 g/mol. The van der Waals surface area contributed by atoms with E-state index in [-0.39, 0.29) is 23.3 Å². The number of nitrogens with zero attached hydrogens (tertiary/aromatic N) is 1. The third-order valence-electron chi connectivity index (χ3n) is 4.15. The predicted molar refractivity (Wildman–Crippen MR) is 80.8 cm³/mol. The van der Waals surface area contributed by atoms with E-state index in [0.717, 1.165) is 5.56 Å². The molecule has 0 aliphatic carbocycles. The van der Waals surface area contributed by atoms with E-state index in [9.17, 15) is 9.90 Å². The van der Waals surface area contributed by atoms with Crippen molar-refractivity contribution < 1.29 is 9.90 Å². The number of aliphatic hydroxyl groups excluding tert-OH is 1. The second kappa shape index (κ2) is 5.57. The van der Waals surface area contributed by atoms with Crippen molar-refractivity contribution in [3.05, 3.63) is 35.4 Å². The fraction of sp³-hybridized carbons (Fsp3) is 0.588. The van der Waals surface area contributed by atoms with Crippen molar-refractivity contribution in [1.29, 1.82) is 0 Å². The maximum Gasteiger partial charge on any atom is 0.253 e. The number of amides is 1. The van der Waals surface area contributed by atoms with E-state index in [2.05, 4.69) is 20.8 Å². The van der Waals surface area contributed by atoms with Crippen LogP contribution in [0, 0.1) is 5.92 Å². The lowest BCUT2D eigenvalue weighted by molar-refractivity contribution is 0.0297. The molecule has 1 amide bonds. The summed E-state index contributed by atoms with van der Waals surface area (Å²) in [4.78, 5) is 14.3. The minimum absolute atomic E-state index is 0.0733. The van der Waals surface area contributed by atoms with Crippen LogP contribution in [0.3, 0.4) is 0 Å². The normalized spacial score (nSPS) is 23.8. The highest BCUT2D eigenvalue weighted by Crippen LogP contribution is 2.23. The summed E-state index contributed by atoms with van der Waals surface area (Å²) in [5, 5.41) is 9.74. The third-order valence-corrected chi connectivity index (χ3v) is 4.15. The molecule has 0 spiro atoms. The molecule has 1 N–H and O–H groups in total. The van der Waals surface area contributed by atoms with E-state index in [0.29, 0.717) is 19.5 Å². The van der Waals surface area contributed by atoms with Gasteiger partial charge in [-0.25, -0.2) is 0 Å². The Kier molecular flexibility index (Phi) is 4.19. The zero-order valence-electron chi connectivity index (χ0n) is 12.9. The first-order chi connectivity index (χ1) is 9.29. The molecule has 20 heavy (non-hydrogen) atoms. The van der Waals surface area contributed by atoms with Crippen LogP contribution in [0.4, 0.5) is 0 Å². The van der Waals surface area contributed by atoms with Gasteiger partial charge in [-0.3, -0.25) is 4.79 Å². The second-order valence-corrected chi connectivity index (χ2v) is 6.91. The van der Waals surface area contributed by atoms with Crippen LogP contribution < -0.4 is 0 Å². The van der Waals surface area contributed by atoms with Gasteiger partial charge in [-0.1, -0.05) is 39.8 Å². The molecule has 110 valence electrons. The van der Waals surface area contributed by atoms with Crippen molar-refractivity contribution in [2.45, 2.75) is 45.6 Å². The number of rotatable bonds is 1. The molecule has 3 heteroatoms. The predicted octanol–water partition coefficient (Wildman–Crippen LogP) is 2.83. The number of hydrogen-bond donors (Lipinski definition) is 1. The van der Waals surface area contributed by atoms with Crippen LogP contribution >= 0.6 is 0 Å². The molecular formula is C17H25NO2. The van der Waals surface area contributed by atoms with Crippen molar-refractivity contribution in [3.8, 4) is 0 Å². The number of carbonyl (C=O) groups is 1. The Labute approximate surface area is 121 Å². The highest BCUT2D eigenvalue weighted by atomic mass is 16.3. The smallest absolute Gasteiger partial charge is 0.253 e. The van der Waals surface area contributed by atoms with Crippen LogP contribution in [0.25, 0.3) is 0 Å². The number of benzene rings is 1. The average Bonchev–Trinajstić information content (AvgIpc) is 2.40. The minimum atomic E-state index is -0.276. The van der Waals surface area contributed by atoms with E-state index < -0.39 is 0 Å². The summed E-state index contributed by atoms with van der Waals surface area (Å²) >= 11 is 0. The lowest BCUT2D eigenvalue weighted by atomic mass is 9.86. The van der Waals surface area contributed by atoms with E-state index in [1.807, 2.05) is 36.1 Å². The molecule has 0 bridgehead atoms.